The largest absolute Gasteiger partial charge is 0.111 e. The Morgan fingerprint density at radius 2 is 1.20 bits per heavy atom. The van der Waals surface area contributed by atoms with Gasteiger partial charge in [0.1, 0.15) is 0 Å². The second-order valence-electron chi connectivity index (χ2n) is 7.42. The third-order valence-electron chi connectivity index (χ3n) is 2.76. The van der Waals surface area contributed by atoms with Crippen LogP contribution < -0.4 is 0 Å². The fourth-order valence-electron chi connectivity index (χ4n) is 2.51. The van der Waals surface area contributed by atoms with E-state index in [0.717, 1.165) is 8.58 Å². The summed E-state index contributed by atoms with van der Waals surface area (Å²) in [5.41, 5.74) is 1.35. The molecule has 1 heteroatoms. The lowest BCUT2D eigenvalue weighted by Crippen LogP contribution is -2.16. The van der Waals surface area contributed by atoms with Gasteiger partial charge >= 0.3 is 0 Å². The van der Waals surface area contributed by atoms with Gasteiger partial charge in [0.15, 0.2) is 0 Å². The van der Waals surface area contributed by atoms with Gasteiger partial charge in [0.05, 0.1) is 0 Å². The van der Waals surface area contributed by atoms with Gasteiger partial charge in [-0.3, -0.25) is 0 Å². The minimum absolute atomic E-state index is 0.512. The van der Waals surface area contributed by atoms with E-state index in [0.29, 0.717) is 10.3 Å². The number of benzene rings is 2. The van der Waals surface area contributed by atoms with Crippen molar-refractivity contribution in [3.63, 3.8) is 0 Å². The summed E-state index contributed by atoms with van der Waals surface area (Å²) in [4.78, 5) is 0. The molecule has 0 saturated heterocycles. The molecule has 0 nitrogen and oxygen atoms in total. The third-order valence-corrected chi connectivity index (χ3v) is 4.26. The lowest BCUT2D eigenvalue weighted by molar-refractivity contribution is 0.725. The zero-order valence-electron chi connectivity index (χ0n) is 14.0. The van der Waals surface area contributed by atoms with Crippen LogP contribution in [0.4, 0.5) is 0 Å². The molecular weight excluding hydrogens is 259 g/mol. The summed E-state index contributed by atoms with van der Waals surface area (Å²) in [7, 11) is 1.05. The number of aryl methyl sites for hydroxylation is 1. The molecule has 2 aromatic carbocycles. The summed E-state index contributed by atoms with van der Waals surface area (Å²) in [6, 6.07) is 14.8. The molecule has 0 radical (unpaired) electrons. The smallest absolute Gasteiger partial charge is 0.0155 e. The number of hydrogen-bond donors (Lipinski definition) is 0. The van der Waals surface area contributed by atoms with Crippen molar-refractivity contribution >= 4 is 19.4 Å². The standard InChI is InChI=1S/C11H10.C8H19P/c1-9-5-4-7-10-6-2-3-8-11(9)10;1-7(2,3)9-8(4,5)6/h2-8H,1H3;9H,1-6H3. The van der Waals surface area contributed by atoms with Crippen LogP contribution in [-0.2, 0) is 0 Å². The van der Waals surface area contributed by atoms with E-state index in [4.69, 9.17) is 0 Å². The average Bonchev–Trinajstić information content (AvgIpc) is 2.25. The molecule has 0 aliphatic carbocycles. The first-order chi connectivity index (χ1) is 9.08. The maximum absolute atomic E-state index is 2.30. The summed E-state index contributed by atoms with van der Waals surface area (Å²) >= 11 is 0. The summed E-state index contributed by atoms with van der Waals surface area (Å²) in [5.74, 6) is 0. The molecule has 2 aromatic rings. The molecule has 0 N–H and O–H groups in total. The molecule has 0 aliphatic rings. The van der Waals surface area contributed by atoms with Crippen LogP contribution in [0, 0.1) is 6.92 Å². The van der Waals surface area contributed by atoms with Crippen molar-refractivity contribution in [3.8, 4) is 0 Å². The Morgan fingerprint density at radius 1 is 0.700 bits per heavy atom. The van der Waals surface area contributed by atoms with Crippen LogP contribution in [0.2, 0.25) is 0 Å². The molecule has 0 saturated carbocycles. The highest BCUT2D eigenvalue weighted by molar-refractivity contribution is 7.41. The predicted molar refractivity (Wildman–Crippen MR) is 96.5 cm³/mol. The summed E-state index contributed by atoms with van der Waals surface area (Å²) in [6.07, 6.45) is 0. The van der Waals surface area contributed by atoms with Gasteiger partial charge < -0.3 is 0 Å². The van der Waals surface area contributed by atoms with Crippen LogP contribution >= 0.6 is 8.58 Å². The molecule has 0 fully saturated rings. The van der Waals surface area contributed by atoms with E-state index in [9.17, 15) is 0 Å². The molecule has 0 amide bonds. The first-order valence-corrected chi connectivity index (χ1v) is 8.32. The van der Waals surface area contributed by atoms with Gasteiger partial charge in [0.25, 0.3) is 0 Å². The summed E-state index contributed by atoms with van der Waals surface area (Å²) < 4.78 is 0. The van der Waals surface area contributed by atoms with Gasteiger partial charge in [-0.15, -0.1) is 8.58 Å². The molecule has 0 heterocycles. The highest BCUT2D eigenvalue weighted by Crippen LogP contribution is 2.41. The fraction of sp³-hybridized carbons (Fsp3) is 0.474. The molecule has 0 atom stereocenters. The number of rotatable bonds is 0. The first kappa shape index (κ1) is 17.2. The van der Waals surface area contributed by atoms with Crippen molar-refractivity contribution in [2.24, 2.45) is 0 Å². The lowest BCUT2D eigenvalue weighted by atomic mass is 10.1. The molecule has 0 aliphatic heterocycles. The Balaban J connectivity index is 0.000000206. The van der Waals surface area contributed by atoms with Gasteiger partial charge in [-0.1, -0.05) is 84.0 Å². The Bertz CT molecular complexity index is 524. The summed E-state index contributed by atoms with van der Waals surface area (Å²) in [6.45, 7) is 16.0. The predicted octanol–water partition coefficient (Wildman–Crippen LogP) is 6.41. The number of hydrogen-bond acceptors (Lipinski definition) is 0. The van der Waals surface area contributed by atoms with Gasteiger partial charge in [0.2, 0.25) is 0 Å². The Hall–Kier alpha value is -0.870. The van der Waals surface area contributed by atoms with E-state index < -0.39 is 0 Å². The maximum atomic E-state index is 2.30. The molecule has 2 rings (SSSR count). The van der Waals surface area contributed by atoms with Crippen LogP contribution in [0.15, 0.2) is 42.5 Å². The van der Waals surface area contributed by atoms with Crippen molar-refractivity contribution in [1.82, 2.24) is 0 Å². The Morgan fingerprint density at radius 3 is 1.65 bits per heavy atom. The van der Waals surface area contributed by atoms with Gasteiger partial charge in [0, 0.05) is 0 Å². The zero-order valence-corrected chi connectivity index (χ0v) is 15.0. The van der Waals surface area contributed by atoms with Crippen LogP contribution in [0.1, 0.15) is 47.1 Å². The van der Waals surface area contributed by atoms with Crippen molar-refractivity contribution in [2.75, 3.05) is 0 Å². The SMILES string of the molecule is CC(C)(C)PC(C)(C)C.Cc1cccc2ccccc12. The molecular formula is C19H29P. The van der Waals surface area contributed by atoms with E-state index in [-0.39, 0.29) is 0 Å². The van der Waals surface area contributed by atoms with E-state index in [1.165, 1.54) is 16.3 Å². The molecule has 0 spiro atoms. The number of fused-ring (bicyclic) bond motifs is 1. The molecule has 0 unspecified atom stereocenters. The minimum atomic E-state index is 0.512. The van der Waals surface area contributed by atoms with Crippen molar-refractivity contribution in [3.05, 3.63) is 48.0 Å². The topological polar surface area (TPSA) is 0 Å². The quantitative estimate of drug-likeness (QED) is 0.491. The second-order valence-corrected chi connectivity index (χ2v) is 10.7. The normalized spacial score (nSPS) is 11.9. The monoisotopic (exact) mass is 288 g/mol. The van der Waals surface area contributed by atoms with E-state index in [1.807, 2.05) is 0 Å². The highest BCUT2D eigenvalue weighted by Gasteiger charge is 2.19. The highest BCUT2D eigenvalue weighted by atomic mass is 31.1. The lowest BCUT2D eigenvalue weighted by Gasteiger charge is -2.28. The van der Waals surface area contributed by atoms with Gasteiger partial charge in [-0.25, -0.2) is 0 Å². The average molecular weight is 288 g/mol. The molecule has 110 valence electrons. The second kappa shape index (κ2) is 6.72. The van der Waals surface area contributed by atoms with E-state index in [1.54, 1.807) is 0 Å². The Labute approximate surface area is 126 Å². The van der Waals surface area contributed by atoms with Crippen LogP contribution in [0.3, 0.4) is 0 Å². The van der Waals surface area contributed by atoms with Crippen molar-refractivity contribution in [1.29, 1.82) is 0 Å². The van der Waals surface area contributed by atoms with Crippen molar-refractivity contribution in [2.45, 2.75) is 58.8 Å². The molecule has 0 aromatic heterocycles. The Kier molecular flexibility index (Phi) is 5.78. The molecule has 20 heavy (non-hydrogen) atoms. The van der Waals surface area contributed by atoms with Crippen LogP contribution in [-0.4, -0.2) is 10.3 Å². The van der Waals surface area contributed by atoms with E-state index in [2.05, 4.69) is 90.9 Å². The van der Waals surface area contributed by atoms with Crippen molar-refractivity contribution < 1.29 is 0 Å². The third kappa shape index (κ3) is 6.53. The van der Waals surface area contributed by atoms with Gasteiger partial charge in [-0.2, -0.15) is 0 Å². The van der Waals surface area contributed by atoms with Crippen LogP contribution in [0.25, 0.3) is 10.8 Å². The van der Waals surface area contributed by atoms with E-state index >= 15 is 0 Å². The molecule has 0 bridgehead atoms. The fourth-order valence-corrected chi connectivity index (χ4v) is 4.76. The van der Waals surface area contributed by atoms with Crippen LogP contribution in [0.5, 0.6) is 0 Å². The van der Waals surface area contributed by atoms with Gasteiger partial charge in [-0.05, 0) is 33.6 Å². The zero-order chi connectivity index (χ0) is 15.4. The summed E-state index contributed by atoms with van der Waals surface area (Å²) in [5, 5.41) is 3.71. The minimum Gasteiger partial charge on any atom is -0.111 e. The maximum Gasteiger partial charge on any atom is -0.0155 e. The first-order valence-electron chi connectivity index (χ1n) is 7.32.